The highest BCUT2D eigenvalue weighted by Gasteiger charge is 2.20. The number of carbonyl (C=O) groups excluding carboxylic acids is 2. The maximum absolute atomic E-state index is 11.7. The number of hydrogen-bond acceptors (Lipinski definition) is 7. The molecule has 1 aromatic heterocycles. The normalized spacial score (nSPS) is 17.0. The Morgan fingerprint density at radius 1 is 1.32 bits per heavy atom. The molecular formula is C13H21N5O3S. The molecule has 2 N–H and O–H groups in total. The zero-order valence-electron chi connectivity index (χ0n) is 12.8. The second-order valence-corrected chi connectivity index (χ2v) is 6.42. The molecule has 1 aromatic rings. The zero-order valence-corrected chi connectivity index (χ0v) is 13.6. The Morgan fingerprint density at radius 2 is 2.05 bits per heavy atom. The molecule has 122 valence electrons. The number of imide groups is 1. The van der Waals surface area contributed by atoms with Gasteiger partial charge in [-0.25, -0.2) is 4.79 Å². The lowest BCUT2D eigenvalue weighted by molar-refractivity contribution is -0.119. The predicted octanol–water partition coefficient (Wildman–Crippen LogP) is 0.992. The highest BCUT2D eigenvalue weighted by atomic mass is 32.2. The molecule has 0 unspecified atom stereocenters. The van der Waals surface area contributed by atoms with Gasteiger partial charge in [-0.05, 0) is 32.9 Å². The first-order valence-electron chi connectivity index (χ1n) is 7.32. The first kappa shape index (κ1) is 16.8. The molecule has 0 aliphatic carbocycles. The zero-order chi connectivity index (χ0) is 15.9. The summed E-state index contributed by atoms with van der Waals surface area (Å²) >= 11 is 1.14. The van der Waals surface area contributed by atoms with Crippen LogP contribution in [0.4, 0.5) is 4.79 Å². The van der Waals surface area contributed by atoms with Crippen LogP contribution in [0.5, 0.6) is 0 Å². The summed E-state index contributed by atoms with van der Waals surface area (Å²) in [5.74, 6) is 0.156. The van der Waals surface area contributed by atoms with Crippen molar-refractivity contribution in [2.24, 2.45) is 0 Å². The van der Waals surface area contributed by atoms with Crippen LogP contribution < -0.4 is 10.6 Å². The summed E-state index contributed by atoms with van der Waals surface area (Å²) in [5, 5.41) is 12.3. The van der Waals surface area contributed by atoms with Gasteiger partial charge in [-0.3, -0.25) is 15.0 Å². The molecule has 2 rings (SSSR count). The number of urea groups is 1. The average Bonchev–Trinajstić information content (AvgIpc) is 2.95. The highest BCUT2D eigenvalue weighted by Crippen LogP contribution is 2.22. The molecule has 22 heavy (non-hydrogen) atoms. The number of nitrogens with zero attached hydrogens (tertiary/aromatic N) is 3. The third-order valence-electron chi connectivity index (χ3n) is 3.37. The minimum absolute atomic E-state index is 0.339. The Hall–Kier alpha value is -1.61. The number of nitrogens with one attached hydrogen (secondary N) is 2. The summed E-state index contributed by atoms with van der Waals surface area (Å²) in [6.45, 7) is 4.43. The summed E-state index contributed by atoms with van der Waals surface area (Å²) in [5.41, 5.74) is 0. The molecule has 1 atom stereocenters. The van der Waals surface area contributed by atoms with Crippen LogP contribution in [0.3, 0.4) is 0 Å². The van der Waals surface area contributed by atoms with Gasteiger partial charge in [0.1, 0.15) is 0 Å². The highest BCUT2D eigenvalue weighted by molar-refractivity contribution is 8.00. The number of carbonyl (C=O) groups is 2. The number of thioether (sulfide) groups is 1. The predicted molar refractivity (Wildman–Crippen MR) is 81.3 cm³/mol. The van der Waals surface area contributed by atoms with Gasteiger partial charge < -0.3 is 9.73 Å². The van der Waals surface area contributed by atoms with Crippen LogP contribution in [-0.2, 0) is 11.3 Å². The summed E-state index contributed by atoms with van der Waals surface area (Å²) in [4.78, 5) is 25.1. The summed E-state index contributed by atoms with van der Waals surface area (Å²) in [7, 11) is 1.45. The van der Waals surface area contributed by atoms with Crippen LogP contribution in [0.1, 0.15) is 32.1 Å². The van der Waals surface area contributed by atoms with Gasteiger partial charge in [-0.1, -0.05) is 18.2 Å². The molecule has 0 spiro atoms. The van der Waals surface area contributed by atoms with Crippen LogP contribution >= 0.6 is 11.8 Å². The van der Waals surface area contributed by atoms with E-state index in [0.29, 0.717) is 17.7 Å². The van der Waals surface area contributed by atoms with E-state index in [4.69, 9.17) is 4.42 Å². The van der Waals surface area contributed by atoms with E-state index in [1.54, 1.807) is 6.92 Å². The summed E-state index contributed by atoms with van der Waals surface area (Å²) in [6.07, 6.45) is 3.68. The van der Waals surface area contributed by atoms with Gasteiger partial charge in [0.25, 0.3) is 5.22 Å². The molecule has 1 fully saturated rings. The van der Waals surface area contributed by atoms with Crippen LogP contribution in [0.25, 0.3) is 0 Å². The number of rotatable bonds is 5. The van der Waals surface area contributed by atoms with Crippen molar-refractivity contribution in [2.75, 3.05) is 20.1 Å². The Labute approximate surface area is 133 Å². The lowest BCUT2D eigenvalue weighted by Gasteiger charge is -2.24. The van der Waals surface area contributed by atoms with Gasteiger partial charge in [0.05, 0.1) is 11.8 Å². The lowest BCUT2D eigenvalue weighted by atomic mass is 10.1. The second kappa shape index (κ2) is 8.14. The first-order chi connectivity index (χ1) is 10.6. The minimum Gasteiger partial charge on any atom is -0.415 e. The van der Waals surface area contributed by atoms with Crippen LogP contribution in [0.2, 0.25) is 0 Å². The van der Waals surface area contributed by atoms with E-state index in [2.05, 4.69) is 25.7 Å². The fraction of sp³-hybridized carbons (Fsp3) is 0.692. The molecule has 1 aliphatic heterocycles. The number of likely N-dealkylation sites (tertiary alicyclic amines) is 1. The molecule has 9 heteroatoms. The molecule has 0 aromatic carbocycles. The van der Waals surface area contributed by atoms with E-state index in [-0.39, 0.29) is 0 Å². The van der Waals surface area contributed by atoms with Crippen LogP contribution in [0, 0.1) is 0 Å². The van der Waals surface area contributed by atoms with Crippen molar-refractivity contribution in [2.45, 2.75) is 43.2 Å². The number of aromatic nitrogens is 2. The molecule has 0 bridgehead atoms. The Morgan fingerprint density at radius 3 is 2.73 bits per heavy atom. The quantitative estimate of drug-likeness (QED) is 0.778. The molecule has 2 heterocycles. The second-order valence-electron chi connectivity index (χ2n) is 5.13. The number of amides is 3. The molecule has 1 saturated heterocycles. The Balaban J connectivity index is 1.83. The summed E-state index contributed by atoms with van der Waals surface area (Å²) < 4.78 is 5.56. The van der Waals surface area contributed by atoms with Crippen molar-refractivity contribution in [3.8, 4) is 0 Å². The largest absolute Gasteiger partial charge is 0.415 e. The molecule has 1 aliphatic rings. The standard InChI is InChI=1S/C13H21N5O3S/c1-9(11(19)15-12(20)14-2)22-13-17-16-10(21-13)8-18-6-4-3-5-7-18/h9H,3-8H2,1-2H3,(H2,14,15,19,20)/t9-/m1/s1. The summed E-state index contributed by atoms with van der Waals surface area (Å²) in [6, 6.07) is -0.534. The number of hydrogen-bond donors (Lipinski definition) is 2. The fourth-order valence-corrected chi connectivity index (χ4v) is 2.84. The van der Waals surface area contributed by atoms with Gasteiger partial charge in [-0.2, -0.15) is 0 Å². The van der Waals surface area contributed by atoms with E-state index in [0.717, 1.165) is 24.9 Å². The van der Waals surface area contributed by atoms with Crippen LogP contribution in [0.15, 0.2) is 9.64 Å². The van der Waals surface area contributed by atoms with Gasteiger partial charge in [0.15, 0.2) is 0 Å². The maximum Gasteiger partial charge on any atom is 0.321 e. The average molecular weight is 327 g/mol. The Kier molecular flexibility index (Phi) is 6.20. The van der Waals surface area contributed by atoms with Crippen molar-refractivity contribution >= 4 is 23.7 Å². The van der Waals surface area contributed by atoms with E-state index in [1.807, 2.05) is 0 Å². The monoisotopic (exact) mass is 327 g/mol. The molecule has 3 amide bonds. The first-order valence-corrected chi connectivity index (χ1v) is 8.20. The molecule has 0 radical (unpaired) electrons. The minimum atomic E-state index is -0.534. The lowest BCUT2D eigenvalue weighted by Crippen LogP contribution is -2.41. The molecule has 0 saturated carbocycles. The SMILES string of the molecule is CNC(=O)NC(=O)[C@@H](C)Sc1nnc(CN2CCCCC2)o1. The fourth-order valence-electron chi connectivity index (χ4n) is 2.14. The van der Waals surface area contributed by atoms with Crippen molar-refractivity contribution in [1.29, 1.82) is 0 Å². The topological polar surface area (TPSA) is 100 Å². The smallest absolute Gasteiger partial charge is 0.321 e. The van der Waals surface area contributed by atoms with Gasteiger partial charge >= 0.3 is 6.03 Å². The van der Waals surface area contributed by atoms with E-state index in [9.17, 15) is 9.59 Å². The molecule has 8 nitrogen and oxygen atoms in total. The van der Waals surface area contributed by atoms with Gasteiger partial charge in [0, 0.05) is 7.05 Å². The van der Waals surface area contributed by atoms with Crippen LogP contribution in [-0.4, -0.2) is 52.4 Å². The van der Waals surface area contributed by atoms with Crippen molar-refractivity contribution in [1.82, 2.24) is 25.7 Å². The number of piperidine rings is 1. The van der Waals surface area contributed by atoms with E-state index >= 15 is 0 Å². The van der Waals surface area contributed by atoms with Gasteiger partial charge in [0.2, 0.25) is 11.8 Å². The van der Waals surface area contributed by atoms with Crippen molar-refractivity contribution in [3.63, 3.8) is 0 Å². The van der Waals surface area contributed by atoms with E-state index in [1.165, 1.54) is 26.3 Å². The van der Waals surface area contributed by atoms with Crippen molar-refractivity contribution < 1.29 is 14.0 Å². The Bertz CT molecular complexity index is 516. The van der Waals surface area contributed by atoms with Gasteiger partial charge in [-0.15, -0.1) is 10.2 Å². The molecular weight excluding hydrogens is 306 g/mol. The van der Waals surface area contributed by atoms with E-state index < -0.39 is 17.2 Å². The third kappa shape index (κ3) is 4.99. The van der Waals surface area contributed by atoms with Crippen molar-refractivity contribution in [3.05, 3.63) is 5.89 Å². The third-order valence-corrected chi connectivity index (χ3v) is 4.30. The maximum atomic E-state index is 11.7.